The smallest absolute Gasteiger partial charge is 0.205 e. The van der Waals surface area contributed by atoms with E-state index < -0.39 is 0 Å². The first kappa shape index (κ1) is 25.0. The third kappa shape index (κ3) is 3.94. The van der Waals surface area contributed by atoms with Crippen molar-refractivity contribution < 1.29 is 4.42 Å². The highest BCUT2D eigenvalue weighted by Crippen LogP contribution is 2.48. The Morgan fingerprint density at radius 2 is 1.18 bits per heavy atom. The first-order valence-electron chi connectivity index (χ1n) is 13.4. The standard InChI is InChI=1S/C36H27Cl2NO/c1-36(2,3)23-18-19-32-22(20-23)21-33(40-32)39(31-17-9-15-29(37)35(31)38)30-16-8-14-28-26-11-5-4-10-24(26)25-12-6-7-13-27(25)34(28)30/h4-21H,1-3H3. The van der Waals surface area contributed by atoms with E-state index in [4.69, 9.17) is 27.6 Å². The second-order valence-electron chi connectivity index (χ2n) is 11.3. The van der Waals surface area contributed by atoms with Crippen molar-refractivity contribution in [1.29, 1.82) is 0 Å². The predicted molar refractivity (Wildman–Crippen MR) is 172 cm³/mol. The maximum Gasteiger partial charge on any atom is 0.205 e. The van der Waals surface area contributed by atoms with Crippen LogP contribution in [0.5, 0.6) is 0 Å². The monoisotopic (exact) mass is 559 g/mol. The number of hydrogen-bond donors (Lipinski definition) is 0. The van der Waals surface area contributed by atoms with Crippen LogP contribution in [0.25, 0.3) is 43.3 Å². The summed E-state index contributed by atoms with van der Waals surface area (Å²) in [5.41, 5.74) is 3.83. The summed E-state index contributed by atoms with van der Waals surface area (Å²) >= 11 is 13.5. The van der Waals surface area contributed by atoms with Crippen LogP contribution in [0.15, 0.2) is 114 Å². The lowest BCUT2D eigenvalue weighted by Gasteiger charge is -2.26. The van der Waals surface area contributed by atoms with Crippen LogP contribution in [0.1, 0.15) is 26.3 Å². The highest BCUT2D eigenvalue weighted by atomic mass is 35.5. The molecule has 0 saturated heterocycles. The summed E-state index contributed by atoms with van der Waals surface area (Å²) in [5.74, 6) is 0.676. The fourth-order valence-corrected chi connectivity index (χ4v) is 6.14. The highest BCUT2D eigenvalue weighted by Gasteiger charge is 2.24. The molecule has 0 spiro atoms. The largest absolute Gasteiger partial charge is 0.440 e. The van der Waals surface area contributed by atoms with Gasteiger partial charge in [0.2, 0.25) is 5.88 Å². The topological polar surface area (TPSA) is 16.4 Å². The summed E-state index contributed by atoms with van der Waals surface area (Å²) in [6, 6.07) is 37.8. The zero-order valence-corrected chi connectivity index (χ0v) is 24.0. The number of halogens is 2. The molecule has 1 aromatic heterocycles. The molecule has 0 aliphatic heterocycles. The summed E-state index contributed by atoms with van der Waals surface area (Å²) in [4.78, 5) is 2.11. The van der Waals surface area contributed by atoms with Crippen molar-refractivity contribution in [2.75, 3.05) is 4.90 Å². The van der Waals surface area contributed by atoms with E-state index in [9.17, 15) is 0 Å². The number of rotatable bonds is 3. The zero-order chi connectivity index (χ0) is 27.6. The Kier molecular flexibility index (Phi) is 5.82. The number of benzene rings is 6. The van der Waals surface area contributed by atoms with E-state index in [1.807, 2.05) is 18.2 Å². The Bertz CT molecular complexity index is 2040. The third-order valence-corrected chi connectivity index (χ3v) is 8.56. The molecule has 196 valence electrons. The Morgan fingerprint density at radius 3 is 1.85 bits per heavy atom. The maximum atomic E-state index is 6.92. The summed E-state index contributed by atoms with van der Waals surface area (Å²) in [7, 11) is 0. The Balaban J connectivity index is 1.60. The first-order valence-corrected chi connectivity index (χ1v) is 14.2. The summed E-state index contributed by atoms with van der Waals surface area (Å²) in [6.45, 7) is 6.66. The number of fused-ring (bicyclic) bond motifs is 7. The van der Waals surface area contributed by atoms with Gasteiger partial charge in [-0.1, -0.05) is 117 Å². The van der Waals surface area contributed by atoms with E-state index in [1.165, 1.54) is 32.5 Å². The van der Waals surface area contributed by atoms with Gasteiger partial charge in [-0.2, -0.15) is 0 Å². The van der Waals surface area contributed by atoms with Gasteiger partial charge in [0, 0.05) is 16.8 Å². The lowest BCUT2D eigenvalue weighted by molar-refractivity contribution is 0.589. The van der Waals surface area contributed by atoms with Gasteiger partial charge in [0.05, 0.1) is 21.4 Å². The molecule has 0 aliphatic carbocycles. The van der Waals surface area contributed by atoms with Crippen molar-refractivity contribution in [3.05, 3.63) is 125 Å². The number of anilines is 3. The molecule has 0 fully saturated rings. The van der Waals surface area contributed by atoms with Crippen molar-refractivity contribution in [2.24, 2.45) is 0 Å². The van der Waals surface area contributed by atoms with E-state index in [1.54, 1.807) is 0 Å². The molecule has 7 rings (SSSR count). The molecule has 0 saturated carbocycles. The van der Waals surface area contributed by atoms with Crippen LogP contribution < -0.4 is 4.90 Å². The van der Waals surface area contributed by atoms with E-state index >= 15 is 0 Å². The first-order chi connectivity index (χ1) is 19.3. The summed E-state index contributed by atoms with van der Waals surface area (Å²) in [5, 5.41) is 9.11. The van der Waals surface area contributed by atoms with Crippen LogP contribution in [0.4, 0.5) is 17.3 Å². The molecule has 7 aromatic rings. The quantitative estimate of drug-likeness (QED) is 0.200. The molecule has 0 unspecified atom stereocenters. The normalized spacial score (nSPS) is 12.1. The minimum absolute atomic E-state index is 0.0250. The molecule has 0 amide bonds. The lowest BCUT2D eigenvalue weighted by atomic mass is 9.86. The van der Waals surface area contributed by atoms with Gasteiger partial charge >= 0.3 is 0 Å². The third-order valence-electron chi connectivity index (χ3n) is 7.75. The van der Waals surface area contributed by atoms with Gasteiger partial charge in [-0.15, -0.1) is 0 Å². The number of nitrogens with zero attached hydrogens (tertiary/aromatic N) is 1. The zero-order valence-electron chi connectivity index (χ0n) is 22.5. The molecule has 40 heavy (non-hydrogen) atoms. The van der Waals surface area contributed by atoms with Gasteiger partial charge in [-0.05, 0) is 68.2 Å². The van der Waals surface area contributed by atoms with Crippen LogP contribution >= 0.6 is 23.2 Å². The maximum absolute atomic E-state index is 6.92. The van der Waals surface area contributed by atoms with Crippen molar-refractivity contribution in [1.82, 2.24) is 0 Å². The van der Waals surface area contributed by atoms with Crippen LogP contribution in [-0.4, -0.2) is 0 Å². The fourth-order valence-electron chi connectivity index (χ4n) is 5.76. The Labute approximate surface area is 243 Å². The minimum atomic E-state index is 0.0250. The van der Waals surface area contributed by atoms with Gasteiger partial charge in [-0.3, -0.25) is 4.90 Å². The van der Waals surface area contributed by atoms with E-state index in [2.05, 4.69) is 117 Å². The van der Waals surface area contributed by atoms with Gasteiger partial charge in [-0.25, -0.2) is 0 Å². The molecule has 1 heterocycles. The molecule has 0 aliphatic rings. The highest BCUT2D eigenvalue weighted by molar-refractivity contribution is 6.44. The van der Waals surface area contributed by atoms with Gasteiger partial charge < -0.3 is 4.42 Å². The van der Waals surface area contributed by atoms with Crippen LogP contribution in [0, 0.1) is 0 Å². The average Bonchev–Trinajstić information content (AvgIpc) is 3.38. The van der Waals surface area contributed by atoms with Gasteiger partial charge in [0.25, 0.3) is 0 Å². The van der Waals surface area contributed by atoms with Crippen molar-refractivity contribution in [3.8, 4) is 0 Å². The number of furan rings is 1. The predicted octanol–water partition coefficient (Wildman–Crippen LogP) is 12.0. The molecule has 0 radical (unpaired) electrons. The molecule has 6 aromatic carbocycles. The lowest BCUT2D eigenvalue weighted by Crippen LogP contribution is -2.10. The van der Waals surface area contributed by atoms with E-state index in [0.29, 0.717) is 15.9 Å². The molecule has 0 atom stereocenters. The SMILES string of the molecule is CC(C)(C)c1ccc2oc(N(c3cccc(Cl)c3Cl)c3cccc4c5ccccc5c5ccccc5c34)cc2c1. The van der Waals surface area contributed by atoms with Crippen molar-refractivity contribution in [2.45, 2.75) is 26.2 Å². The van der Waals surface area contributed by atoms with Crippen molar-refractivity contribution >= 4 is 83.7 Å². The fraction of sp³-hybridized carbons (Fsp3) is 0.111. The van der Waals surface area contributed by atoms with E-state index in [-0.39, 0.29) is 5.41 Å². The van der Waals surface area contributed by atoms with Crippen LogP contribution in [0.3, 0.4) is 0 Å². The Hall–Kier alpha value is -3.98. The van der Waals surface area contributed by atoms with E-state index in [0.717, 1.165) is 27.7 Å². The van der Waals surface area contributed by atoms with Crippen molar-refractivity contribution in [3.63, 3.8) is 0 Å². The molecule has 2 nitrogen and oxygen atoms in total. The molecule has 0 N–H and O–H groups in total. The van der Waals surface area contributed by atoms with Gasteiger partial charge in [0.1, 0.15) is 5.58 Å². The number of hydrogen-bond acceptors (Lipinski definition) is 2. The molecular weight excluding hydrogens is 533 g/mol. The summed E-state index contributed by atoms with van der Waals surface area (Å²) in [6.07, 6.45) is 0. The minimum Gasteiger partial charge on any atom is -0.440 e. The van der Waals surface area contributed by atoms with Crippen LogP contribution in [0.2, 0.25) is 10.0 Å². The summed E-state index contributed by atoms with van der Waals surface area (Å²) < 4.78 is 6.57. The Morgan fingerprint density at radius 1 is 0.600 bits per heavy atom. The second-order valence-corrected chi connectivity index (χ2v) is 12.1. The molecule has 0 bridgehead atoms. The van der Waals surface area contributed by atoms with Crippen LogP contribution in [-0.2, 0) is 5.41 Å². The molecule has 4 heteroatoms. The van der Waals surface area contributed by atoms with Gasteiger partial charge in [0.15, 0.2) is 0 Å². The second kappa shape index (κ2) is 9.30. The molecular formula is C36H27Cl2NO. The average molecular weight is 561 g/mol.